The molecule has 0 amide bonds. The molecule has 1 fully saturated rings. The van der Waals surface area contributed by atoms with E-state index in [1.54, 1.807) is 11.3 Å². The van der Waals surface area contributed by atoms with Crippen molar-refractivity contribution in [2.75, 3.05) is 0 Å². The molecule has 0 saturated heterocycles. The van der Waals surface area contributed by atoms with E-state index in [0.717, 1.165) is 17.7 Å². The summed E-state index contributed by atoms with van der Waals surface area (Å²) in [4.78, 5) is 11.9. The molecule has 1 aliphatic carbocycles. The Morgan fingerprint density at radius 3 is 2.77 bits per heavy atom. The van der Waals surface area contributed by atoms with Crippen LogP contribution >= 0.6 is 11.3 Å². The number of carboxylic acids is 1. The van der Waals surface area contributed by atoms with E-state index in [-0.39, 0.29) is 5.41 Å². The quantitative estimate of drug-likeness (QED) is 0.765. The lowest BCUT2D eigenvalue weighted by molar-refractivity contribution is -0.139. The van der Waals surface area contributed by atoms with Gasteiger partial charge in [-0.2, -0.15) is 0 Å². The molecular weight excluding hydrogens is 186 g/mol. The highest BCUT2D eigenvalue weighted by Crippen LogP contribution is 2.51. The number of nitrogens with two attached hydrogens (primary N) is 1. The van der Waals surface area contributed by atoms with Crippen LogP contribution in [-0.4, -0.2) is 17.1 Å². The van der Waals surface area contributed by atoms with Gasteiger partial charge in [0.25, 0.3) is 0 Å². The van der Waals surface area contributed by atoms with E-state index in [1.165, 1.54) is 0 Å². The third-order valence-corrected chi connectivity index (χ3v) is 3.75. The normalized spacial score (nSPS) is 21.0. The summed E-state index contributed by atoms with van der Waals surface area (Å²) in [6.45, 7) is 0. The van der Waals surface area contributed by atoms with Crippen molar-refractivity contribution in [3.8, 4) is 0 Å². The Hall–Kier alpha value is -0.870. The maximum Gasteiger partial charge on any atom is 0.321 e. The van der Waals surface area contributed by atoms with Gasteiger partial charge in [-0.1, -0.05) is 6.07 Å². The third-order valence-electron chi connectivity index (χ3n) is 2.66. The topological polar surface area (TPSA) is 63.3 Å². The van der Waals surface area contributed by atoms with Crippen molar-refractivity contribution in [3.05, 3.63) is 22.4 Å². The average Bonchev–Trinajstić information content (AvgIpc) is 2.72. The van der Waals surface area contributed by atoms with Gasteiger partial charge < -0.3 is 10.8 Å². The van der Waals surface area contributed by atoms with Crippen molar-refractivity contribution in [1.29, 1.82) is 0 Å². The summed E-state index contributed by atoms with van der Waals surface area (Å²) in [6.07, 6.45) is 1.81. The molecule has 0 spiro atoms. The van der Waals surface area contributed by atoms with Gasteiger partial charge in [-0.15, -0.1) is 11.3 Å². The Kier molecular flexibility index (Phi) is 1.89. The zero-order chi connectivity index (χ0) is 9.47. The molecule has 4 heteroatoms. The molecule has 1 heterocycles. The highest BCUT2D eigenvalue weighted by molar-refractivity contribution is 7.10. The van der Waals surface area contributed by atoms with Crippen LogP contribution in [0.5, 0.6) is 0 Å². The second kappa shape index (κ2) is 2.82. The van der Waals surface area contributed by atoms with Gasteiger partial charge in [-0.3, -0.25) is 4.79 Å². The largest absolute Gasteiger partial charge is 0.480 e. The molecule has 3 N–H and O–H groups in total. The number of carboxylic acid groups (broad SMARTS) is 1. The van der Waals surface area contributed by atoms with Gasteiger partial charge in [0.2, 0.25) is 0 Å². The van der Waals surface area contributed by atoms with Crippen LogP contribution in [0.1, 0.15) is 17.7 Å². The Bertz CT molecular complexity index is 316. The van der Waals surface area contributed by atoms with Gasteiger partial charge in [-0.05, 0) is 24.3 Å². The van der Waals surface area contributed by atoms with Gasteiger partial charge in [0, 0.05) is 10.3 Å². The number of carbonyl (C=O) groups is 1. The van der Waals surface area contributed by atoms with Crippen LogP contribution in [0.25, 0.3) is 0 Å². The number of thiophene rings is 1. The summed E-state index contributed by atoms with van der Waals surface area (Å²) >= 11 is 1.59. The summed E-state index contributed by atoms with van der Waals surface area (Å²) in [6, 6.07) is 3.17. The molecule has 0 aromatic carbocycles. The summed E-state index contributed by atoms with van der Waals surface area (Å²) in [5.74, 6) is -0.897. The van der Waals surface area contributed by atoms with E-state index in [0.29, 0.717) is 0 Å². The summed E-state index contributed by atoms with van der Waals surface area (Å²) in [5, 5.41) is 10.8. The standard InChI is InChI=1S/C9H11NO2S/c10-7(8(11)12)9(3-4-9)6-2-1-5-13-6/h1-2,5,7H,3-4,10H2,(H,11,12). The Morgan fingerprint density at radius 1 is 1.69 bits per heavy atom. The van der Waals surface area contributed by atoms with Crippen molar-refractivity contribution in [2.45, 2.75) is 24.3 Å². The Morgan fingerprint density at radius 2 is 2.38 bits per heavy atom. The number of hydrogen-bond donors (Lipinski definition) is 2. The first-order chi connectivity index (χ1) is 6.17. The molecule has 1 unspecified atom stereocenters. The molecule has 13 heavy (non-hydrogen) atoms. The highest BCUT2D eigenvalue weighted by atomic mass is 32.1. The van der Waals surface area contributed by atoms with Gasteiger partial charge in [0.15, 0.2) is 0 Å². The lowest BCUT2D eigenvalue weighted by Crippen LogP contribution is -2.41. The lowest BCUT2D eigenvalue weighted by atomic mass is 9.95. The van der Waals surface area contributed by atoms with Crippen LogP contribution in [0.15, 0.2) is 17.5 Å². The van der Waals surface area contributed by atoms with E-state index in [1.807, 2.05) is 17.5 Å². The number of hydrogen-bond acceptors (Lipinski definition) is 3. The summed E-state index contributed by atoms with van der Waals surface area (Å²) < 4.78 is 0. The van der Waals surface area contributed by atoms with E-state index >= 15 is 0 Å². The highest BCUT2D eigenvalue weighted by Gasteiger charge is 2.53. The fourth-order valence-electron chi connectivity index (χ4n) is 1.64. The van der Waals surface area contributed by atoms with E-state index in [4.69, 9.17) is 10.8 Å². The zero-order valence-electron chi connectivity index (χ0n) is 7.06. The second-order valence-electron chi connectivity index (χ2n) is 3.45. The SMILES string of the molecule is NC(C(=O)O)C1(c2cccs2)CC1. The number of rotatable bonds is 3. The van der Waals surface area contributed by atoms with E-state index in [2.05, 4.69) is 0 Å². The predicted octanol–water partition coefficient (Wildman–Crippen LogP) is 1.19. The maximum atomic E-state index is 10.8. The minimum absolute atomic E-state index is 0.250. The van der Waals surface area contributed by atoms with Gasteiger partial charge in [-0.25, -0.2) is 0 Å². The Labute approximate surface area is 80.2 Å². The van der Waals surface area contributed by atoms with Crippen molar-refractivity contribution < 1.29 is 9.90 Å². The zero-order valence-corrected chi connectivity index (χ0v) is 7.88. The molecule has 1 aliphatic rings. The second-order valence-corrected chi connectivity index (χ2v) is 4.40. The molecule has 0 radical (unpaired) electrons. The molecule has 0 aliphatic heterocycles. The van der Waals surface area contributed by atoms with Crippen LogP contribution in [-0.2, 0) is 10.2 Å². The molecule has 0 bridgehead atoms. The van der Waals surface area contributed by atoms with Crippen LogP contribution in [0.3, 0.4) is 0 Å². The fourth-order valence-corrected chi connectivity index (χ4v) is 2.67. The molecule has 1 aromatic heterocycles. The maximum absolute atomic E-state index is 10.8. The van der Waals surface area contributed by atoms with Crippen LogP contribution in [0.2, 0.25) is 0 Å². The van der Waals surface area contributed by atoms with Crippen LogP contribution in [0, 0.1) is 0 Å². The lowest BCUT2D eigenvalue weighted by Gasteiger charge is -2.17. The third kappa shape index (κ3) is 1.26. The first-order valence-corrected chi connectivity index (χ1v) is 5.07. The number of aliphatic carboxylic acids is 1. The molecule has 2 rings (SSSR count). The van der Waals surface area contributed by atoms with Crippen molar-refractivity contribution in [3.63, 3.8) is 0 Å². The Balaban J connectivity index is 2.27. The molecular formula is C9H11NO2S. The van der Waals surface area contributed by atoms with Gasteiger partial charge >= 0.3 is 5.97 Å². The molecule has 70 valence electrons. The van der Waals surface area contributed by atoms with Crippen LogP contribution in [0.4, 0.5) is 0 Å². The van der Waals surface area contributed by atoms with Gasteiger partial charge in [0.1, 0.15) is 6.04 Å². The average molecular weight is 197 g/mol. The minimum Gasteiger partial charge on any atom is -0.480 e. The van der Waals surface area contributed by atoms with Gasteiger partial charge in [0.05, 0.1) is 0 Å². The molecule has 1 saturated carbocycles. The summed E-state index contributed by atoms with van der Waals surface area (Å²) in [5.41, 5.74) is 5.41. The fraction of sp³-hybridized carbons (Fsp3) is 0.444. The van der Waals surface area contributed by atoms with Crippen molar-refractivity contribution >= 4 is 17.3 Å². The van der Waals surface area contributed by atoms with Crippen molar-refractivity contribution in [2.24, 2.45) is 5.73 Å². The van der Waals surface area contributed by atoms with E-state index in [9.17, 15) is 4.79 Å². The first kappa shape index (κ1) is 8.72. The monoisotopic (exact) mass is 197 g/mol. The van der Waals surface area contributed by atoms with Crippen molar-refractivity contribution in [1.82, 2.24) is 0 Å². The molecule has 1 atom stereocenters. The summed E-state index contributed by atoms with van der Waals surface area (Å²) in [7, 11) is 0. The molecule has 3 nitrogen and oxygen atoms in total. The first-order valence-electron chi connectivity index (χ1n) is 4.19. The van der Waals surface area contributed by atoms with Crippen LogP contribution < -0.4 is 5.73 Å². The van der Waals surface area contributed by atoms with E-state index < -0.39 is 12.0 Å². The predicted molar refractivity (Wildman–Crippen MR) is 50.8 cm³/mol. The minimum atomic E-state index is -0.897. The molecule has 1 aromatic rings. The smallest absolute Gasteiger partial charge is 0.321 e.